The van der Waals surface area contributed by atoms with E-state index in [2.05, 4.69) is 23.0 Å². The lowest BCUT2D eigenvalue weighted by Gasteiger charge is -2.21. The van der Waals surface area contributed by atoms with Gasteiger partial charge in [0.15, 0.2) is 0 Å². The Hall–Kier alpha value is -3.01. The highest BCUT2D eigenvalue weighted by Crippen LogP contribution is 2.23. The Morgan fingerprint density at radius 3 is 2.70 bits per heavy atom. The summed E-state index contributed by atoms with van der Waals surface area (Å²) in [6.45, 7) is 7.34. The second-order valence-electron chi connectivity index (χ2n) is 6.32. The lowest BCUT2D eigenvalue weighted by Crippen LogP contribution is -2.39. The Balaban J connectivity index is 1.73. The molecule has 2 aromatic heterocycles. The molecule has 7 nitrogen and oxygen atoms in total. The molecule has 3 aromatic rings. The second kappa shape index (κ2) is 9.66. The van der Waals surface area contributed by atoms with Crippen molar-refractivity contribution >= 4 is 45.7 Å². The molecule has 30 heavy (non-hydrogen) atoms. The summed E-state index contributed by atoms with van der Waals surface area (Å²) in [5, 5.41) is 1.92. The first-order valence-electron chi connectivity index (χ1n) is 8.98. The first-order valence-corrected chi connectivity index (χ1v) is 11.3. The number of carbonyl (C=O) groups is 1. The quantitative estimate of drug-likeness (QED) is 0.482. The van der Waals surface area contributed by atoms with Gasteiger partial charge < -0.3 is 9.32 Å². The van der Waals surface area contributed by atoms with Crippen LogP contribution in [0.25, 0.3) is 6.08 Å². The van der Waals surface area contributed by atoms with Crippen LogP contribution >= 0.6 is 11.3 Å². The van der Waals surface area contributed by atoms with Gasteiger partial charge in [-0.15, -0.1) is 11.3 Å². The summed E-state index contributed by atoms with van der Waals surface area (Å²) in [6.07, 6.45) is 3.03. The van der Waals surface area contributed by atoms with Gasteiger partial charge in [-0.2, -0.15) is 0 Å². The van der Waals surface area contributed by atoms with Gasteiger partial charge in [-0.1, -0.05) is 18.7 Å². The van der Waals surface area contributed by atoms with Gasteiger partial charge in [0.05, 0.1) is 36.5 Å². The number of thiophene rings is 1. The number of amides is 1. The fourth-order valence-corrected chi connectivity index (χ4v) is 4.50. The predicted molar refractivity (Wildman–Crippen MR) is 118 cm³/mol. The standard InChI is InChI=1S/C21H21N3O4S2/c1-3-16-12-19(8-9-20(16)22-2)30(26,27)23-13-21(25)24(14-17-6-4-10-28-17)15-18-7-5-11-29-18/h3-12,23H,1-2,13-15H2. The smallest absolute Gasteiger partial charge is 0.241 e. The molecule has 0 saturated heterocycles. The van der Waals surface area contributed by atoms with Crippen molar-refractivity contribution in [3.8, 4) is 0 Å². The number of carbonyl (C=O) groups excluding carboxylic acids is 1. The third-order valence-electron chi connectivity index (χ3n) is 4.32. The fraction of sp³-hybridized carbons (Fsp3) is 0.143. The number of aliphatic imine (C=N–C) groups is 1. The molecule has 1 N–H and O–H groups in total. The molecule has 0 aliphatic heterocycles. The van der Waals surface area contributed by atoms with Crippen LogP contribution in [0.1, 0.15) is 16.2 Å². The van der Waals surface area contributed by atoms with Crippen LogP contribution in [0.3, 0.4) is 0 Å². The van der Waals surface area contributed by atoms with Crippen LogP contribution in [0.2, 0.25) is 0 Å². The van der Waals surface area contributed by atoms with E-state index in [1.54, 1.807) is 23.1 Å². The van der Waals surface area contributed by atoms with Gasteiger partial charge in [-0.3, -0.25) is 9.79 Å². The van der Waals surface area contributed by atoms with Crippen LogP contribution in [-0.4, -0.2) is 32.5 Å². The van der Waals surface area contributed by atoms with E-state index in [0.29, 0.717) is 23.6 Å². The summed E-state index contributed by atoms with van der Waals surface area (Å²) in [6, 6.07) is 11.7. The molecular weight excluding hydrogens is 422 g/mol. The molecule has 0 bridgehead atoms. The number of hydrogen-bond donors (Lipinski definition) is 1. The summed E-state index contributed by atoms with van der Waals surface area (Å²) >= 11 is 1.52. The van der Waals surface area contributed by atoms with Gasteiger partial charge in [0.2, 0.25) is 15.9 Å². The molecular formula is C21H21N3O4S2. The maximum absolute atomic E-state index is 12.8. The minimum Gasteiger partial charge on any atom is -0.467 e. The monoisotopic (exact) mass is 443 g/mol. The number of hydrogen-bond acceptors (Lipinski definition) is 6. The van der Waals surface area contributed by atoms with Crippen molar-refractivity contribution in [2.75, 3.05) is 6.54 Å². The zero-order valence-corrected chi connectivity index (χ0v) is 17.8. The summed E-state index contributed by atoms with van der Waals surface area (Å²) in [4.78, 5) is 19.2. The molecule has 2 heterocycles. The molecule has 0 aliphatic rings. The van der Waals surface area contributed by atoms with Crippen molar-refractivity contribution in [2.45, 2.75) is 18.0 Å². The summed E-state index contributed by atoms with van der Waals surface area (Å²) in [5.41, 5.74) is 1.07. The first kappa shape index (κ1) is 21.7. The minimum atomic E-state index is -3.90. The van der Waals surface area contributed by atoms with Crippen LogP contribution in [-0.2, 0) is 27.9 Å². The lowest BCUT2D eigenvalue weighted by atomic mass is 10.2. The van der Waals surface area contributed by atoms with Crippen LogP contribution in [0, 0.1) is 0 Å². The fourth-order valence-electron chi connectivity index (χ4n) is 2.77. The van der Waals surface area contributed by atoms with Crippen molar-refractivity contribution in [3.05, 3.63) is 76.9 Å². The third-order valence-corrected chi connectivity index (χ3v) is 6.58. The molecule has 0 atom stereocenters. The van der Waals surface area contributed by atoms with Crippen LogP contribution in [0.15, 0.2) is 75.0 Å². The Morgan fingerprint density at radius 1 is 1.23 bits per heavy atom. The minimum absolute atomic E-state index is 0.0217. The number of nitrogens with zero attached hydrogens (tertiary/aromatic N) is 2. The van der Waals surface area contributed by atoms with E-state index in [1.807, 2.05) is 17.5 Å². The topological polar surface area (TPSA) is 92.0 Å². The van der Waals surface area contributed by atoms with E-state index < -0.39 is 10.0 Å². The largest absolute Gasteiger partial charge is 0.467 e. The molecule has 1 aromatic carbocycles. The van der Waals surface area contributed by atoms with Crippen LogP contribution < -0.4 is 4.72 Å². The summed E-state index contributed by atoms with van der Waals surface area (Å²) in [5.74, 6) is 0.252. The second-order valence-corrected chi connectivity index (χ2v) is 9.12. The van der Waals surface area contributed by atoms with E-state index in [4.69, 9.17) is 4.42 Å². The van der Waals surface area contributed by atoms with Crippen LogP contribution in [0.4, 0.5) is 5.69 Å². The van der Waals surface area contributed by atoms with Gasteiger partial charge in [0.1, 0.15) is 5.76 Å². The average Bonchev–Trinajstić information content (AvgIpc) is 3.45. The summed E-state index contributed by atoms with van der Waals surface area (Å²) < 4.78 is 33.1. The number of sulfonamides is 1. The molecule has 1 amide bonds. The molecule has 0 saturated carbocycles. The lowest BCUT2D eigenvalue weighted by molar-refractivity contribution is -0.131. The van der Waals surface area contributed by atoms with Gasteiger partial charge in [-0.05, 0) is 48.5 Å². The molecule has 3 rings (SSSR count). The highest BCUT2D eigenvalue weighted by molar-refractivity contribution is 7.89. The number of benzene rings is 1. The maximum atomic E-state index is 12.8. The predicted octanol–water partition coefficient (Wildman–Crippen LogP) is 3.82. The molecule has 0 radical (unpaired) electrons. The molecule has 0 spiro atoms. The van der Waals surface area contributed by atoms with E-state index in [9.17, 15) is 13.2 Å². The van der Waals surface area contributed by atoms with Crippen molar-refractivity contribution in [2.24, 2.45) is 4.99 Å². The first-order chi connectivity index (χ1) is 14.4. The van der Waals surface area contributed by atoms with Crippen molar-refractivity contribution in [1.82, 2.24) is 9.62 Å². The van der Waals surface area contributed by atoms with Crippen molar-refractivity contribution in [1.29, 1.82) is 0 Å². The van der Waals surface area contributed by atoms with Gasteiger partial charge in [0.25, 0.3) is 0 Å². The Morgan fingerprint density at radius 2 is 2.07 bits per heavy atom. The van der Waals surface area contributed by atoms with Gasteiger partial charge in [0, 0.05) is 10.4 Å². The van der Waals surface area contributed by atoms with E-state index in [-0.39, 0.29) is 23.9 Å². The highest BCUT2D eigenvalue weighted by Gasteiger charge is 2.21. The number of furan rings is 1. The molecule has 0 fully saturated rings. The van der Waals surface area contributed by atoms with Crippen LogP contribution in [0.5, 0.6) is 0 Å². The number of nitrogens with one attached hydrogen (secondary N) is 1. The highest BCUT2D eigenvalue weighted by atomic mass is 32.2. The Labute approximate surface area is 179 Å². The van der Waals surface area contributed by atoms with E-state index >= 15 is 0 Å². The molecule has 156 valence electrons. The summed E-state index contributed by atoms with van der Waals surface area (Å²) in [7, 11) is -3.90. The SMILES string of the molecule is C=Cc1cc(S(=O)(=O)NCC(=O)N(Cc2ccco2)Cc2cccs2)ccc1N=C. The van der Waals surface area contributed by atoms with Gasteiger partial charge in [-0.25, -0.2) is 13.1 Å². The van der Waals surface area contributed by atoms with E-state index in [0.717, 1.165) is 4.88 Å². The maximum Gasteiger partial charge on any atom is 0.241 e. The molecule has 0 unspecified atom stereocenters. The third kappa shape index (κ3) is 5.32. The van der Waals surface area contributed by atoms with Crippen molar-refractivity contribution < 1.29 is 17.6 Å². The zero-order valence-electron chi connectivity index (χ0n) is 16.2. The zero-order chi connectivity index (χ0) is 21.6. The average molecular weight is 444 g/mol. The van der Waals surface area contributed by atoms with Crippen molar-refractivity contribution in [3.63, 3.8) is 0 Å². The Kier molecular flexibility index (Phi) is 6.99. The molecule has 9 heteroatoms. The number of rotatable bonds is 10. The normalized spacial score (nSPS) is 11.2. The Bertz CT molecular complexity index is 1080. The molecule has 0 aliphatic carbocycles. The van der Waals surface area contributed by atoms with Gasteiger partial charge >= 0.3 is 0 Å². The van der Waals surface area contributed by atoms with E-state index in [1.165, 1.54) is 35.8 Å².